The molecule has 4 atom stereocenters. The number of fused-ring (bicyclic) bond motifs is 2. The minimum atomic E-state index is -0.0408. The zero-order chi connectivity index (χ0) is 19.1. The van der Waals surface area contributed by atoms with Crippen molar-refractivity contribution in [2.45, 2.75) is 29.1 Å². The van der Waals surface area contributed by atoms with Crippen LogP contribution >= 0.6 is 11.8 Å². The molecule has 3 aromatic rings. The van der Waals surface area contributed by atoms with Crippen molar-refractivity contribution in [3.63, 3.8) is 0 Å². The maximum absolute atomic E-state index is 13.6. The van der Waals surface area contributed by atoms with E-state index in [-0.39, 0.29) is 17.6 Å². The standard InChI is InChI=1S/C25H22O2S/c1-16-7-11-20(12-8-16)28-21-13-14-27-25(21)24(26)23-19-10-9-18(15-19)22(23)17-5-3-2-4-6-17/h2-14,18-19,22-23H,15H2,1H3/t18-,19+,22-,23-/m0/s1. The summed E-state index contributed by atoms with van der Waals surface area (Å²) in [5.41, 5.74) is 2.49. The van der Waals surface area contributed by atoms with Gasteiger partial charge in [0, 0.05) is 16.7 Å². The van der Waals surface area contributed by atoms with Crippen LogP contribution < -0.4 is 0 Å². The van der Waals surface area contributed by atoms with Crippen LogP contribution in [0.1, 0.15) is 34.0 Å². The summed E-state index contributed by atoms with van der Waals surface area (Å²) >= 11 is 1.60. The number of hydrogen-bond acceptors (Lipinski definition) is 3. The molecule has 1 saturated carbocycles. The topological polar surface area (TPSA) is 30.2 Å². The van der Waals surface area contributed by atoms with Crippen molar-refractivity contribution >= 4 is 17.5 Å². The molecule has 140 valence electrons. The summed E-state index contributed by atoms with van der Waals surface area (Å²) in [5.74, 6) is 1.62. The van der Waals surface area contributed by atoms with Gasteiger partial charge >= 0.3 is 0 Å². The van der Waals surface area contributed by atoms with Crippen LogP contribution in [0.15, 0.2) is 93.3 Å². The Balaban J connectivity index is 1.46. The van der Waals surface area contributed by atoms with Gasteiger partial charge in [0.2, 0.25) is 5.78 Å². The molecule has 5 rings (SSSR count). The normalized spacial score (nSPS) is 25.3. The fourth-order valence-corrected chi connectivity index (χ4v) is 5.64. The Labute approximate surface area is 169 Å². The monoisotopic (exact) mass is 386 g/mol. The highest BCUT2D eigenvalue weighted by atomic mass is 32.2. The smallest absolute Gasteiger partial charge is 0.203 e. The largest absolute Gasteiger partial charge is 0.460 e. The number of rotatable bonds is 5. The van der Waals surface area contributed by atoms with Crippen LogP contribution in [-0.4, -0.2) is 5.78 Å². The van der Waals surface area contributed by atoms with Crippen molar-refractivity contribution in [2.24, 2.45) is 17.8 Å². The van der Waals surface area contributed by atoms with Crippen LogP contribution in [0, 0.1) is 24.7 Å². The maximum atomic E-state index is 13.6. The summed E-state index contributed by atoms with van der Waals surface area (Å²) in [4.78, 5) is 15.6. The Morgan fingerprint density at radius 1 is 0.964 bits per heavy atom. The zero-order valence-electron chi connectivity index (χ0n) is 15.7. The molecule has 0 saturated heterocycles. The molecular weight excluding hydrogens is 364 g/mol. The van der Waals surface area contributed by atoms with Gasteiger partial charge in [-0.1, -0.05) is 71.9 Å². The predicted molar refractivity (Wildman–Crippen MR) is 112 cm³/mol. The highest BCUT2D eigenvalue weighted by Gasteiger charge is 2.49. The van der Waals surface area contributed by atoms with E-state index < -0.39 is 0 Å². The molecule has 0 N–H and O–H groups in total. The molecule has 2 aliphatic rings. The van der Waals surface area contributed by atoms with Gasteiger partial charge in [-0.3, -0.25) is 4.79 Å². The van der Waals surface area contributed by atoms with E-state index in [1.54, 1.807) is 18.0 Å². The van der Waals surface area contributed by atoms with Gasteiger partial charge in [-0.15, -0.1) is 0 Å². The van der Waals surface area contributed by atoms with Crippen molar-refractivity contribution in [3.05, 3.63) is 96.0 Å². The molecule has 1 fully saturated rings. The van der Waals surface area contributed by atoms with Crippen molar-refractivity contribution in [3.8, 4) is 0 Å². The van der Waals surface area contributed by atoms with Crippen molar-refractivity contribution in [1.29, 1.82) is 0 Å². The Morgan fingerprint density at radius 3 is 2.50 bits per heavy atom. The Morgan fingerprint density at radius 2 is 1.71 bits per heavy atom. The average molecular weight is 387 g/mol. The minimum Gasteiger partial charge on any atom is -0.460 e. The van der Waals surface area contributed by atoms with Crippen LogP contribution in [0.2, 0.25) is 0 Å². The van der Waals surface area contributed by atoms with Gasteiger partial charge in [-0.05, 0) is 48.9 Å². The number of ketones is 1. The Bertz CT molecular complexity index is 1020. The highest BCUT2D eigenvalue weighted by molar-refractivity contribution is 7.99. The number of aryl methyl sites for hydroxylation is 1. The zero-order valence-corrected chi connectivity index (χ0v) is 16.6. The first-order chi connectivity index (χ1) is 13.7. The van der Waals surface area contributed by atoms with Gasteiger partial charge in [0.1, 0.15) is 0 Å². The first-order valence-corrected chi connectivity index (χ1v) is 10.6. The lowest BCUT2D eigenvalue weighted by molar-refractivity contribution is 0.0853. The van der Waals surface area contributed by atoms with Crippen LogP contribution in [0.5, 0.6) is 0 Å². The molecule has 0 amide bonds. The lowest BCUT2D eigenvalue weighted by atomic mass is 9.76. The second-order valence-corrected chi connectivity index (χ2v) is 8.92. The van der Waals surface area contributed by atoms with Crippen LogP contribution in [0.3, 0.4) is 0 Å². The van der Waals surface area contributed by atoms with E-state index >= 15 is 0 Å². The SMILES string of the molecule is Cc1ccc(Sc2ccoc2C(=O)[C@@H]2[C@@H](c3ccccc3)[C@H]3C=C[C@@H]2C3)cc1. The second kappa shape index (κ2) is 7.14. The summed E-state index contributed by atoms with van der Waals surface area (Å²) in [6, 6.07) is 20.8. The van der Waals surface area contributed by atoms with E-state index in [9.17, 15) is 4.79 Å². The van der Waals surface area contributed by atoms with E-state index in [4.69, 9.17) is 4.42 Å². The highest BCUT2D eigenvalue weighted by Crippen LogP contribution is 2.54. The third-order valence-electron chi connectivity index (χ3n) is 6.05. The lowest BCUT2D eigenvalue weighted by Gasteiger charge is -2.27. The first-order valence-electron chi connectivity index (χ1n) is 9.80. The first kappa shape index (κ1) is 17.6. The molecule has 2 aliphatic carbocycles. The number of carbonyl (C=O) groups is 1. The molecule has 2 bridgehead atoms. The number of furan rings is 1. The molecule has 2 aromatic carbocycles. The van der Waals surface area contributed by atoms with Gasteiger partial charge in [-0.2, -0.15) is 0 Å². The van der Waals surface area contributed by atoms with Gasteiger partial charge in [0.15, 0.2) is 5.76 Å². The average Bonchev–Trinajstić information content (AvgIpc) is 3.46. The molecule has 3 heteroatoms. The van der Waals surface area contributed by atoms with Gasteiger partial charge < -0.3 is 4.42 Å². The van der Waals surface area contributed by atoms with Crippen molar-refractivity contribution in [1.82, 2.24) is 0 Å². The quantitative estimate of drug-likeness (QED) is 0.369. The van der Waals surface area contributed by atoms with E-state index in [0.717, 1.165) is 16.2 Å². The summed E-state index contributed by atoms with van der Waals surface area (Å²) in [6.07, 6.45) is 7.25. The molecule has 0 unspecified atom stereocenters. The Hall–Kier alpha value is -2.52. The van der Waals surface area contributed by atoms with Crippen molar-refractivity contribution < 1.29 is 9.21 Å². The fraction of sp³-hybridized carbons (Fsp3) is 0.240. The van der Waals surface area contributed by atoms with E-state index in [0.29, 0.717) is 17.6 Å². The number of hydrogen-bond donors (Lipinski definition) is 0. The van der Waals surface area contributed by atoms with Crippen LogP contribution in [0.4, 0.5) is 0 Å². The number of carbonyl (C=O) groups excluding carboxylic acids is 1. The third-order valence-corrected chi connectivity index (χ3v) is 7.10. The molecule has 0 spiro atoms. The molecule has 0 radical (unpaired) electrons. The lowest BCUT2D eigenvalue weighted by Crippen LogP contribution is -2.26. The van der Waals surface area contributed by atoms with E-state index in [1.165, 1.54) is 11.1 Å². The van der Waals surface area contributed by atoms with Gasteiger partial charge in [0.25, 0.3) is 0 Å². The van der Waals surface area contributed by atoms with Gasteiger partial charge in [0.05, 0.1) is 11.2 Å². The summed E-state index contributed by atoms with van der Waals surface area (Å²) in [6.45, 7) is 2.08. The second-order valence-electron chi connectivity index (χ2n) is 7.80. The summed E-state index contributed by atoms with van der Waals surface area (Å²) in [5, 5.41) is 0. The molecular formula is C25H22O2S. The fourth-order valence-electron chi connectivity index (χ4n) is 4.75. The number of benzene rings is 2. The number of allylic oxidation sites excluding steroid dienone is 2. The van der Waals surface area contributed by atoms with Crippen molar-refractivity contribution in [2.75, 3.05) is 0 Å². The van der Waals surface area contributed by atoms with Crippen LogP contribution in [-0.2, 0) is 0 Å². The van der Waals surface area contributed by atoms with E-state index in [2.05, 4.69) is 67.6 Å². The summed E-state index contributed by atoms with van der Waals surface area (Å²) < 4.78 is 5.73. The van der Waals surface area contributed by atoms with E-state index in [1.807, 2.05) is 12.1 Å². The Kier molecular flexibility index (Phi) is 4.48. The minimum absolute atomic E-state index is 0.0408. The molecule has 28 heavy (non-hydrogen) atoms. The number of Topliss-reactive ketones (excluding diaryl/α,β-unsaturated/α-hetero) is 1. The summed E-state index contributed by atoms with van der Waals surface area (Å²) in [7, 11) is 0. The molecule has 2 nitrogen and oxygen atoms in total. The molecule has 1 heterocycles. The third kappa shape index (κ3) is 3.04. The molecule has 0 aliphatic heterocycles. The predicted octanol–water partition coefficient (Wildman–Crippen LogP) is 6.53. The maximum Gasteiger partial charge on any atom is 0.203 e. The molecule has 1 aromatic heterocycles. The van der Waals surface area contributed by atoms with Crippen LogP contribution in [0.25, 0.3) is 0 Å². The van der Waals surface area contributed by atoms with Gasteiger partial charge in [-0.25, -0.2) is 0 Å².